The molecule has 2 aromatic heterocycles. The molecule has 3 rings (SSSR count). The van der Waals surface area contributed by atoms with E-state index in [1.165, 1.54) is 0 Å². The third kappa shape index (κ3) is 2.97. The summed E-state index contributed by atoms with van der Waals surface area (Å²) in [5.41, 5.74) is 3.26. The molecular formula is C18H26N4O2. The Balaban J connectivity index is 1.82. The summed E-state index contributed by atoms with van der Waals surface area (Å²) in [4.78, 5) is 12.7. The van der Waals surface area contributed by atoms with Gasteiger partial charge in [-0.3, -0.25) is 9.48 Å². The van der Waals surface area contributed by atoms with Crippen LogP contribution in [-0.4, -0.2) is 20.8 Å². The van der Waals surface area contributed by atoms with Gasteiger partial charge in [0.05, 0.1) is 17.6 Å². The van der Waals surface area contributed by atoms with Gasteiger partial charge in [0.1, 0.15) is 5.76 Å². The maximum atomic E-state index is 12.7. The summed E-state index contributed by atoms with van der Waals surface area (Å²) >= 11 is 0. The van der Waals surface area contributed by atoms with E-state index >= 15 is 0 Å². The lowest BCUT2D eigenvalue weighted by Gasteiger charge is -2.33. The van der Waals surface area contributed by atoms with Crippen LogP contribution in [0.1, 0.15) is 61.6 Å². The van der Waals surface area contributed by atoms with Crippen molar-refractivity contribution in [3.05, 3.63) is 28.9 Å². The highest BCUT2D eigenvalue weighted by Gasteiger charge is 2.34. The maximum Gasteiger partial charge on any atom is 0.278 e. The minimum atomic E-state index is -0.215. The second kappa shape index (κ2) is 6.07. The topological polar surface area (TPSA) is 73.0 Å². The molecule has 1 atom stereocenters. The van der Waals surface area contributed by atoms with E-state index in [0.29, 0.717) is 11.6 Å². The van der Waals surface area contributed by atoms with Crippen LogP contribution in [0, 0.1) is 18.3 Å². The Morgan fingerprint density at radius 3 is 2.83 bits per heavy atom. The molecule has 0 spiro atoms. The summed E-state index contributed by atoms with van der Waals surface area (Å²) in [6.07, 6.45) is 4.46. The van der Waals surface area contributed by atoms with Gasteiger partial charge in [-0.05, 0) is 38.0 Å². The van der Waals surface area contributed by atoms with Crippen LogP contribution in [0.15, 0.2) is 10.7 Å². The van der Waals surface area contributed by atoms with Gasteiger partial charge in [-0.25, -0.2) is 0 Å². The molecule has 130 valence electrons. The van der Waals surface area contributed by atoms with Crippen molar-refractivity contribution in [2.75, 3.05) is 5.32 Å². The van der Waals surface area contributed by atoms with Crippen molar-refractivity contribution in [2.24, 2.45) is 11.3 Å². The van der Waals surface area contributed by atoms with Gasteiger partial charge < -0.3 is 9.84 Å². The van der Waals surface area contributed by atoms with Crippen molar-refractivity contribution in [1.29, 1.82) is 0 Å². The molecule has 1 amide bonds. The van der Waals surface area contributed by atoms with Gasteiger partial charge in [-0.2, -0.15) is 5.10 Å². The summed E-state index contributed by atoms with van der Waals surface area (Å²) < 4.78 is 7.28. The fraction of sp³-hybridized carbons (Fsp3) is 0.611. The molecule has 0 bridgehead atoms. The van der Waals surface area contributed by atoms with Crippen molar-refractivity contribution >= 4 is 11.6 Å². The molecule has 0 aromatic carbocycles. The van der Waals surface area contributed by atoms with E-state index in [-0.39, 0.29) is 11.3 Å². The van der Waals surface area contributed by atoms with Gasteiger partial charge in [-0.1, -0.05) is 25.9 Å². The Kier molecular flexibility index (Phi) is 4.24. The Morgan fingerprint density at radius 2 is 2.21 bits per heavy atom. The van der Waals surface area contributed by atoms with E-state index in [1.807, 2.05) is 18.5 Å². The second-order valence-corrected chi connectivity index (χ2v) is 7.65. The monoisotopic (exact) mass is 330 g/mol. The smallest absolute Gasteiger partial charge is 0.278 e. The van der Waals surface area contributed by atoms with Crippen LogP contribution in [0.4, 0.5) is 5.69 Å². The standard InChI is InChI=1S/C18H26N4O2/c1-6-22-11(2)14(10-19-22)20-17(23)16-13-9-12(18(3,4)5)7-8-15(13)24-21-16/h10,12H,6-9H2,1-5H3,(H,20,23)/t12-/m0/s1. The summed E-state index contributed by atoms with van der Waals surface area (Å²) in [6.45, 7) is 11.5. The normalized spacial score (nSPS) is 17.6. The van der Waals surface area contributed by atoms with Crippen LogP contribution < -0.4 is 5.32 Å². The Bertz CT molecular complexity index is 752. The number of aromatic nitrogens is 3. The summed E-state index contributed by atoms with van der Waals surface area (Å²) in [5, 5.41) is 11.2. The molecule has 6 heteroatoms. The van der Waals surface area contributed by atoms with E-state index in [4.69, 9.17) is 4.52 Å². The first-order valence-electron chi connectivity index (χ1n) is 8.62. The number of rotatable bonds is 3. The van der Waals surface area contributed by atoms with Crippen LogP contribution in [0.2, 0.25) is 0 Å². The van der Waals surface area contributed by atoms with Crippen molar-refractivity contribution in [3.63, 3.8) is 0 Å². The van der Waals surface area contributed by atoms with Crippen LogP contribution in [0.3, 0.4) is 0 Å². The number of amides is 1. The third-order valence-corrected chi connectivity index (χ3v) is 5.13. The summed E-state index contributed by atoms with van der Waals surface area (Å²) in [6, 6.07) is 0. The molecule has 24 heavy (non-hydrogen) atoms. The van der Waals surface area contributed by atoms with Gasteiger partial charge >= 0.3 is 0 Å². The predicted molar refractivity (Wildman–Crippen MR) is 92.1 cm³/mol. The first kappa shape index (κ1) is 16.7. The van der Waals surface area contributed by atoms with Crippen LogP contribution in [0.5, 0.6) is 0 Å². The summed E-state index contributed by atoms with van der Waals surface area (Å²) in [5.74, 6) is 1.18. The lowest BCUT2D eigenvalue weighted by molar-refractivity contribution is 0.101. The SMILES string of the molecule is CCn1ncc(NC(=O)c2noc3c2C[C@@H](C(C)(C)C)CC3)c1C. The average molecular weight is 330 g/mol. The van der Waals surface area contributed by atoms with Gasteiger partial charge in [0.2, 0.25) is 0 Å². The molecule has 0 fully saturated rings. The lowest BCUT2D eigenvalue weighted by atomic mass is 9.71. The van der Waals surface area contributed by atoms with Crippen LogP contribution in [0.25, 0.3) is 0 Å². The van der Waals surface area contributed by atoms with E-state index in [1.54, 1.807) is 6.20 Å². The van der Waals surface area contributed by atoms with E-state index < -0.39 is 0 Å². The largest absolute Gasteiger partial charge is 0.360 e. The van der Waals surface area contributed by atoms with Crippen LogP contribution >= 0.6 is 0 Å². The third-order valence-electron chi connectivity index (χ3n) is 5.13. The van der Waals surface area contributed by atoms with E-state index in [2.05, 4.69) is 36.3 Å². The molecule has 0 saturated heterocycles. The number of carbonyl (C=O) groups excluding carboxylic acids is 1. The fourth-order valence-electron chi connectivity index (χ4n) is 3.39. The predicted octanol–water partition coefficient (Wildman–Crippen LogP) is 3.60. The molecule has 0 radical (unpaired) electrons. The van der Waals surface area contributed by atoms with Gasteiger partial charge in [0.25, 0.3) is 5.91 Å². The first-order valence-corrected chi connectivity index (χ1v) is 8.62. The lowest BCUT2D eigenvalue weighted by Crippen LogP contribution is -2.27. The highest BCUT2D eigenvalue weighted by molar-refractivity contribution is 6.04. The first-order chi connectivity index (χ1) is 11.3. The Labute approximate surface area is 142 Å². The number of carbonyl (C=O) groups is 1. The maximum absolute atomic E-state index is 12.7. The number of hydrogen-bond donors (Lipinski definition) is 1. The van der Waals surface area contributed by atoms with E-state index in [9.17, 15) is 4.79 Å². The number of hydrogen-bond acceptors (Lipinski definition) is 4. The molecule has 2 heterocycles. The molecule has 2 aromatic rings. The van der Waals surface area contributed by atoms with Crippen LogP contribution in [-0.2, 0) is 19.4 Å². The van der Waals surface area contributed by atoms with Gasteiger partial charge in [-0.15, -0.1) is 0 Å². The number of anilines is 1. The number of fused-ring (bicyclic) bond motifs is 1. The molecule has 6 nitrogen and oxygen atoms in total. The molecule has 0 saturated carbocycles. The molecule has 1 aliphatic carbocycles. The summed E-state index contributed by atoms with van der Waals surface area (Å²) in [7, 11) is 0. The molecule has 0 unspecified atom stereocenters. The number of nitrogens with one attached hydrogen (secondary N) is 1. The van der Waals surface area contributed by atoms with E-state index in [0.717, 1.165) is 48.5 Å². The second-order valence-electron chi connectivity index (χ2n) is 7.65. The van der Waals surface area contributed by atoms with Crippen molar-refractivity contribution in [1.82, 2.24) is 14.9 Å². The Morgan fingerprint density at radius 1 is 1.46 bits per heavy atom. The van der Waals surface area contributed by atoms with Crippen molar-refractivity contribution in [3.8, 4) is 0 Å². The average Bonchev–Trinajstić information content (AvgIpc) is 3.10. The zero-order valence-corrected chi connectivity index (χ0v) is 15.1. The number of nitrogens with zero attached hydrogens (tertiary/aromatic N) is 3. The fourth-order valence-corrected chi connectivity index (χ4v) is 3.39. The van der Waals surface area contributed by atoms with Gasteiger partial charge in [0.15, 0.2) is 5.69 Å². The Hall–Kier alpha value is -2.11. The minimum absolute atomic E-state index is 0.210. The van der Waals surface area contributed by atoms with Gasteiger partial charge in [0, 0.05) is 18.5 Å². The minimum Gasteiger partial charge on any atom is -0.360 e. The number of aryl methyl sites for hydroxylation is 2. The molecule has 1 N–H and O–H groups in total. The molecule has 0 aliphatic heterocycles. The zero-order valence-electron chi connectivity index (χ0n) is 15.1. The highest BCUT2D eigenvalue weighted by Crippen LogP contribution is 2.38. The zero-order chi connectivity index (χ0) is 17.5. The quantitative estimate of drug-likeness (QED) is 0.933. The van der Waals surface area contributed by atoms with Crippen molar-refractivity contribution in [2.45, 2.75) is 60.4 Å². The van der Waals surface area contributed by atoms with Crippen molar-refractivity contribution < 1.29 is 9.32 Å². The highest BCUT2D eigenvalue weighted by atomic mass is 16.5. The molecule has 1 aliphatic rings. The molecular weight excluding hydrogens is 304 g/mol.